The Morgan fingerprint density at radius 2 is 1.95 bits per heavy atom. The molecule has 0 aliphatic heterocycles. The minimum atomic E-state index is -0.111. The number of rotatable bonds is 3. The monoisotopic (exact) mass is 290 g/mol. The van der Waals surface area contributed by atoms with E-state index in [1.165, 1.54) is 12.5 Å². The van der Waals surface area contributed by atoms with Gasteiger partial charge >= 0.3 is 0 Å². The molecule has 1 aliphatic rings. The molecule has 0 aromatic heterocycles. The molecule has 0 fully saturated rings. The Morgan fingerprint density at radius 1 is 1.33 bits per heavy atom. The second kappa shape index (κ2) is 9.51. The molecule has 118 valence electrons. The van der Waals surface area contributed by atoms with Gasteiger partial charge < -0.3 is 5.11 Å². The minimum Gasteiger partial charge on any atom is -0.393 e. The molecule has 0 bridgehead atoms. The molecule has 1 N–H and O–H groups in total. The summed E-state index contributed by atoms with van der Waals surface area (Å²) in [5.41, 5.74) is 2.68. The van der Waals surface area contributed by atoms with Gasteiger partial charge in [-0.15, -0.1) is 0 Å². The van der Waals surface area contributed by atoms with Gasteiger partial charge in [0.1, 0.15) is 0 Å². The highest BCUT2D eigenvalue weighted by molar-refractivity contribution is 5.87. The van der Waals surface area contributed by atoms with Gasteiger partial charge in [0.05, 0.1) is 6.10 Å². The molecule has 0 aromatic carbocycles. The van der Waals surface area contributed by atoms with Crippen LogP contribution in [0.1, 0.15) is 54.4 Å². The van der Waals surface area contributed by atoms with Crippen molar-refractivity contribution >= 4 is 5.78 Å². The molecule has 0 saturated carbocycles. The minimum absolute atomic E-state index is 0.0783. The van der Waals surface area contributed by atoms with Crippen molar-refractivity contribution < 1.29 is 9.90 Å². The lowest BCUT2D eigenvalue weighted by molar-refractivity contribution is -0.112. The average molecular weight is 290 g/mol. The van der Waals surface area contributed by atoms with Crippen molar-refractivity contribution in [2.24, 2.45) is 5.41 Å². The summed E-state index contributed by atoms with van der Waals surface area (Å²) in [5, 5.41) is 9.37. The number of ketones is 1. The van der Waals surface area contributed by atoms with Crippen LogP contribution >= 0.6 is 0 Å². The molecular formula is C19H30O2. The first-order valence-electron chi connectivity index (χ1n) is 7.51. The standard InChI is InChI=1S/C10H14O.C9H16O/c1-4-6-9(2)7-5-8-10(3)11;1-7-4-8(10)6-9(2,3)5-7/h4-8H,1-3H3;5,8,10H,4,6H2,1-3H3/b6-4+,8-5+,9-7+;. The Hall–Kier alpha value is -1.41. The maximum atomic E-state index is 10.4. The van der Waals surface area contributed by atoms with Gasteiger partial charge in [0, 0.05) is 0 Å². The summed E-state index contributed by atoms with van der Waals surface area (Å²) in [6.07, 6.45) is 13.1. The van der Waals surface area contributed by atoms with Gasteiger partial charge in [-0.1, -0.05) is 55.4 Å². The lowest BCUT2D eigenvalue weighted by Crippen LogP contribution is -2.23. The van der Waals surface area contributed by atoms with E-state index in [2.05, 4.69) is 26.8 Å². The Bertz CT molecular complexity index is 448. The average Bonchev–Trinajstić information content (AvgIpc) is 2.25. The molecule has 21 heavy (non-hydrogen) atoms. The van der Waals surface area contributed by atoms with Crippen LogP contribution in [-0.4, -0.2) is 17.0 Å². The van der Waals surface area contributed by atoms with Gasteiger partial charge in [-0.3, -0.25) is 4.79 Å². The first kappa shape index (κ1) is 19.6. The molecule has 0 spiro atoms. The Kier molecular flexibility index (Phi) is 8.87. The maximum absolute atomic E-state index is 10.4. The zero-order valence-corrected chi connectivity index (χ0v) is 14.3. The van der Waals surface area contributed by atoms with Gasteiger partial charge in [-0.05, 0) is 52.0 Å². The van der Waals surface area contributed by atoms with Crippen LogP contribution in [0.15, 0.2) is 47.6 Å². The number of aliphatic hydroxyl groups is 1. The van der Waals surface area contributed by atoms with E-state index >= 15 is 0 Å². The summed E-state index contributed by atoms with van der Waals surface area (Å²) in [7, 11) is 0. The quantitative estimate of drug-likeness (QED) is 0.462. The van der Waals surface area contributed by atoms with Crippen molar-refractivity contribution in [2.75, 3.05) is 0 Å². The predicted molar refractivity (Wildman–Crippen MR) is 91.2 cm³/mol. The fourth-order valence-electron chi connectivity index (χ4n) is 2.49. The van der Waals surface area contributed by atoms with Crippen molar-refractivity contribution in [1.29, 1.82) is 0 Å². The van der Waals surface area contributed by atoms with Crippen LogP contribution in [0.2, 0.25) is 0 Å². The zero-order valence-electron chi connectivity index (χ0n) is 14.3. The SMILES string of the molecule is C/C=C/C(C)=C/C=C/C(C)=O.CC1=CC(C)(C)CC(O)C1. The summed E-state index contributed by atoms with van der Waals surface area (Å²) in [5.74, 6) is 0.0783. The van der Waals surface area contributed by atoms with E-state index in [4.69, 9.17) is 0 Å². The highest BCUT2D eigenvalue weighted by Crippen LogP contribution is 2.32. The topological polar surface area (TPSA) is 37.3 Å². The molecule has 2 heteroatoms. The van der Waals surface area contributed by atoms with Crippen LogP contribution in [0, 0.1) is 5.41 Å². The smallest absolute Gasteiger partial charge is 0.152 e. The van der Waals surface area contributed by atoms with Crippen LogP contribution in [-0.2, 0) is 4.79 Å². The Balaban J connectivity index is 0.000000382. The summed E-state index contributed by atoms with van der Waals surface area (Å²) >= 11 is 0. The normalized spacial score (nSPS) is 22.0. The summed E-state index contributed by atoms with van der Waals surface area (Å²) in [6, 6.07) is 0. The Labute approximate surface area is 130 Å². The van der Waals surface area contributed by atoms with E-state index in [0.29, 0.717) is 0 Å². The van der Waals surface area contributed by atoms with Crippen LogP contribution in [0.3, 0.4) is 0 Å². The molecule has 0 radical (unpaired) electrons. The van der Waals surface area contributed by atoms with Crippen LogP contribution in [0.4, 0.5) is 0 Å². The molecule has 0 aromatic rings. The van der Waals surface area contributed by atoms with Crippen molar-refractivity contribution in [2.45, 2.75) is 60.5 Å². The second-order valence-electron chi connectivity index (χ2n) is 6.42. The molecule has 0 amide bonds. The highest BCUT2D eigenvalue weighted by Gasteiger charge is 2.24. The largest absolute Gasteiger partial charge is 0.393 e. The number of carbonyl (C=O) groups excluding carboxylic acids is 1. The van der Waals surface area contributed by atoms with Gasteiger partial charge in [-0.2, -0.15) is 0 Å². The fraction of sp³-hybridized carbons (Fsp3) is 0.526. The van der Waals surface area contributed by atoms with Crippen molar-refractivity contribution in [1.82, 2.24) is 0 Å². The molecule has 2 nitrogen and oxygen atoms in total. The lowest BCUT2D eigenvalue weighted by Gasteiger charge is -2.29. The van der Waals surface area contributed by atoms with Crippen molar-refractivity contribution in [3.8, 4) is 0 Å². The molecule has 0 saturated heterocycles. The number of hydrogen-bond acceptors (Lipinski definition) is 2. The van der Waals surface area contributed by atoms with Gasteiger partial charge in [0.2, 0.25) is 0 Å². The Morgan fingerprint density at radius 3 is 2.38 bits per heavy atom. The summed E-state index contributed by atoms with van der Waals surface area (Å²) in [6.45, 7) is 11.9. The zero-order chi connectivity index (χ0) is 16.5. The number of aliphatic hydroxyl groups excluding tert-OH is 1. The maximum Gasteiger partial charge on any atom is 0.152 e. The molecule has 0 heterocycles. The first-order chi connectivity index (χ1) is 9.66. The van der Waals surface area contributed by atoms with E-state index in [1.54, 1.807) is 12.2 Å². The molecule has 1 unspecified atom stereocenters. The number of allylic oxidation sites excluding steroid dienone is 7. The third-order valence-corrected chi connectivity index (χ3v) is 3.08. The van der Waals surface area contributed by atoms with Crippen molar-refractivity contribution in [3.63, 3.8) is 0 Å². The predicted octanol–water partition coefficient (Wildman–Crippen LogP) is 4.77. The van der Waals surface area contributed by atoms with E-state index in [0.717, 1.165) is 18.4 Å². The van der Waals surface area contributed by atoms with Crippen LogP contribution in [0.5, 0.6) is 0 Å². The van der Waals surface area contributed by atoms with Gasteiger partial charge in [0.15, 0.2) is 5.78 Å². The van der Waals surface area contributed by atoms with E-state index in [-0.39, 0.29) is 17.3 Å². The van der Waals surface area contributed by atoms with E-state index in [9.17, 15) is 9.90 Å². The van der Waals surface area contributed by atoms with E-state index < -0.39 is 0 Å². The molecule has 1 atom stereocenters. The number of hydrogen-bond donors (Lipinski definition) is 1. The highest BCUT2D eigenvalue weighted by atomic mass is 16.3. The fourth-order valence-corrected chi connectivity index (χ4v) is 2.49. The van der Waals surface area contributed by atoms with Gasteiger partial charge in [0.25, 0.3) is 0 Å². The number of carbonyl (C=O) groups is 1. The van der Waals surface area contributed by atoms with Crippen LogP contribution in [0.25, 0.3) is 0 Å². The van der Waals surface area contributed by atoms with Gasteiger partial charge in [-0.25, -0.2) is 0 Å². The van der Waals surface area contributed by atoms with Crippen molar-refractivity contribution in [3.05, 3.63) is 47.6 Å². The summed E-state index contributed by atoms with van der Waals surface area (Å²) in [4.78, 5) is 10.4. The lowest BCUT2D eigenvalue weighted by atomic mass is 9.79. The third kappa shape index (κ3) is 11.0. The first-order valence-corrected chi connectivity index (χ1v) is 7.51. The molecule has 1 aliphatic carbocycles. The summed E-state index contributed by atoms with van der Waals surface area (Å²) < 4.78 is 0. The van der Waals surface area contributed by atoms with Crippen LogP contribution < -0.4 is 0 Å². The van der Waals surface area contributed by atoms with E-state index in [1.807, 2.05) is 32.1 Å². The second-order valence-corrected chi connectivity index (χ2v) is 6.42. The molecule has 1 rings (SSSR count). The molecular weight excluding hydrogens is 260 g/mol. The third-order valence-electron chi connectivity index (χ3n) is 3.08.